The predicted molar refractivity (Wildman–Crippen MR) is 79.0 cm³/mol. The Labute approximate surface area is 117 Å². The molecule has 0 spiro atoms. The van der Waals surface area contributed by atoms with E-state index in [4.69, 9.17) is 10.6 Å². The summed E-state index contributed by atoms with van der Waals surface area (Å²) < 4.78 is 5.83. The minimum Gasteiger partial charge on any atom is -0.370 e. The predicted octanol–water partition coefficient (Wildman–Crippen LogP) is 3.10. The molecular formula is C13H20N4OS. The van der Waals surface area contributed by atoms with E-state index in [0.29, 0.717) is 18.2 Å². The van der Waals surface area contributed by atoms with Crippen LogP contribution >= 0.6 is 11.3 Å². The van der Waals surface area contributed by atoms with E-state index in [0.717, 1.165) is 10.2 Å². The number of thiophene rings is 1. The largest absolute Gasteiger partial charge is 0.370 e. The van der Waals surface area contributed by atoms with Crippen LogP contribution in [0.25, 0.3) is 10.2 Å². The van der Waals surface area contributed by atoms with Crippen LogP contribution in [0.3, 0.4) is 0 Å². The van der Waals surface area contributed by atoms with Gasteiger partial charge >= 0.3 is 0 Å². The average Bonchev–Trinajstić information content (AvgIpc) is 2.81. The van der Waals surface area contributed by atoms with E-state index < -0.39 is 0 Å². The number of nitrogens with one attached hydrogen (secondary N) is 1. The first kappa shape index (κ1) is 14.2. The number of nitrogens with zero attached hydrogens (tertiary/aromatic N) is 2. The lowest BCUT2D eigenvalue weighted by molar-refractivity contribution is -0.0187. The second-order valence-corrected chi connectivity index (χ2v) is 6.31. The van der Waals surface area contributed by atoms with E-state index in [2.05, 4.69) is 36.2 Å². The SMILES string of the molecule is CCOC(c1nc(NN)c2ccsc2n1)C(C)(C)C. The molecule has 19 heavy (non-hydrogen) atoms. The molecule has 2 aromatic rings. The van der Waals surface area contributed by atoms with Gasteiger partial charge in [0, 0.05) is 6.61 Å². The maximum absolute atomic E-state index is 5.83. The molecule has 2 rings (SSSR count). The lowest BCUT2D eigenvalue weighted by Crippen LogP contribution is -2.24. The van der Waals surface area contributed by atoms with Crippen LogP contribution in [0.15, 0.2) is 11.4 Å². The number of rotatable bonds is 4. The fourth-order valence-electron chi connectivity index (χ4n) is 1.98. The first-order valence-electron chi connectivity index (χ1n) is 6.30. The second kappa shape index (κ2) is 5.40. The van der Waals surface area contributed by atoms with E-state index in [1.807, 2.05) is 18.4 Å². The van der Waals surface area contributed by atoms with Gasteiger partial charge in [-0.2, -0.15) is 0 Å². The number of fused-ring (bicyclic) bond motifs is 1. The fourth-order valence-corrected chi connectivity index (χ4v) is 2.75. The van der Waals surface area contributed by atoms with Crippen LogP contribution in [0.4, 0.5) is 5.82 Å². The molecule has 0 saturated heterocycles. The zero-order valence-electron chi connectivity index (χ0n) is 11.7. The van der Waals surface area contributed by atoms with Crippen molar-refractivity contribution in [1.29, 1.82) is 0 Å². The Bertz CT molecular complexity index is 561. The van der Waals surface area contributed by atoms with Gasteiger partial charge in [0.25, 0.3) is 0 Å². The van der Waals surface area contributed by atoms with Gasteiger partial charge in [-0.1, -0.05) is 20.8 Å². The van der Waals surface area contributed by atoms with Crippen molar-refractivity contribution in [2.24, 2.45) is 11.3 Å². The third-order valence-electron chi connectivity index (χ3n) is 2.83. The molecule has 104 valence electrons. The zero-order valence-corrected chi connectivity index (χ0v) is 12.5. The number of anilines is 1. The van der Waals surface area contributed by atoms with Gasteiger partial charge in [-0.3, -0.25) is 0 Å². The van der Waals surface area contributed by atoms with Gasteiger partial charge in [0.2, 0.25) is 0 Å². The first-order chi connectivity index (χ1) is 8.97. The Hall–Kier alpha value is -1.24. The van der Waals surface area contributed by atoms with Crippen LogP contribution in [0.2, 0.25) is 0 Å². The van der Waals surface area contributed by atoms with E-state index in [1.165, 1.54) is 0 Å². The van der Waals surface area contributed by atoms with Crippen LogP contribution in [0.5, 0.6) is 0 Å². The van der Waals surface area contributed by atoms with Crippen LogP contribution in [0.1, 0.15) is 39.6 Å². The van der Waals surface area contributed by atoms with Crippen molar-refractivity contribution < 1.29 is 4.74 Å². The summed E-state index contributed by atoms with van der Waals surface area (Å²) in [6.07, 6.45) is -0.156. The van der Waals surface area contributed by atoms with E-state index >= 15 is 0 Å². The zero-order chi connectivity index (χ0) is 14.0. The summed E-state index contributed by atoms with van der Waals surface area (Å²) in [6, 6.07) is 1.96. The van der Waals surface area contributed by atoms with Gasteiger partial charge in [-0.25, -0.2) is 15.8 Å². The summed E-state index contributed by atoms with van der Waals surface area (Å²) in [5.41, 5.74) is 2.57. The molecule has 3 N–H and O–H groups in total. The molecule has 0 aliphatic carbocycles. The van der Waals surface area contributed by atoms with Gasteiger partial charge < -0.3 is 10.2 Å². The monoisotopic (exact) mass is 280 g/mol. The van der Waals surface area contributed by atoms with Crippen LogP contribution in [-0.2, 0) is 4.74 Å². The molecule has 2 aromatic heterocycles. The summed E-state index contributed by atoms with van der Waals surface area (Å²) >= 11 is 1.57. The molecule has 1 unspecified atom stereocenters. The molecule has 0 radical (unpaired) electrons. The molecule has 0 aliphatic rings. The second-order valence-electron chi connectivity index (χ2n) is 5.42. The minimum absolute atomic E-state index is 0.0766. The van der Waals surface area contributed by atoms with E-state index in [-0.39, 0.29) is 11.5 Å². The maximum Gasteiger partial charge on any atom is 0.161 e. The molecule has 0 aliphatic heterocycles. The molecule has 1 atom stereocenters. The van der Waals surface area contributed by atoms with Crippen LogP contribution in [0, 0.1) is 5.41 Å². The number of hydrogen-bond acceptors (Lipinski definition) is 6. The van der Waals surface area contributed by atoms with Crippen molar-refractivity contribution in [2.45, 2.75) is 33.8 Å². The highest BCUT2D eigenvalue weighted by Crippen LogP contribution is 2.36. The number of ether oxygens (including phenoxy) is 1. The Morgan fingerprint density at radius 1 is 1.42 bits per heavy atom. The van der Waals surface area contributed by atoms with Crippen molar-refractivity contribution in [1.82, 2.24) is 9.97 Å². The van der Waals surface area contributed by atoms with Crippen molar-refractivity contribution in [3.8, 4) is 0 Å². The van der Waals surface area contributed by atoms with Gasteiger partial charge in [0.05, 0.1) is 5.39 Å². The van der Waals surface area contributed by atoms with Crippen molar-refractivity contribution >= 4 is 27.4 Å². The van der Waals surface area contributed by atoms with Gasteiger partial charge in [-0.15, -0.1) is 11.3 Å². The normalized spacial score (nSPS) is 13.7. The Balaban J connectivity index is 2.53. The lowest BCUT2D eigenvalue weighted by atomic mass is 9.88. The quantitative estimate of drug-likeness (QED) is 0.665. The Morgan fingerprint density at radius 2 is 2.16 bits per heavy atom. The number of nitrogen functional groups attached to an aromatic ring is 1. The number of nitrogens with two attached hydrogens (primary N) is 1. The number of aromatic nitrogens is 2. The lowest BCUT2D eigenvalue weighted by Gasteiger charge is -2.29. The number of hydrogen-bond donors (Lipinski definition) is 2. The van der Waals surface area contributed by atoms with E-state index in [9.17, 15) is 0 Å². The molecule has 0 amide bonds. The summed E-state index contributed by atoms with van der Waals surface area (Å²) in [6.45, 7) is 8.95. The molecular weight excluding hydrogens is 260 g/mol. The van der Waals surface area contributed by atoms with Gasteiger partial charge in [0.15, 0.2) is 11.6 Å². The summed E-state index contributed by atoms with van der Waals surface area (Å²) in [4.78, 5) is 10.1. The summed E-state index contributed by atoms with van der Waals surface area (Å²) in [7, 11) is 0. The van der Waals surface area contributed by atoms with Crippen LogP contribution < -0.4 is 11.3 Å². The molecule has 0 aromatic carbocycles. The Morgan fingerprint density at radius 3 is 2.74 bits per heavy atom. The smallest absolute Gasteiger partial charge is 0.161 e. The highest BCUT2D eigenvalue weighted by molar-refractivity contribution is 7.16. The maximum atomic E-state index is 5.83. The van der Waals surface area contributed by atoms with Crippen LogP contribution in [-0.4, -0.2) is 16.6 Å². The average molecular weight is 280 g/mol. The third-order valence-corrected chi connectivity index (χ3v) is 3.64. The molecule has 2 heterocycles. The van der Waals surface area contributed by atoms with Crippen molar-refractivity contribution in [2.75, 3.05) is 12.0 Å². The Kier molecular flexibility index (Phi) is 4.03. The summed E-state index contributed by atoms with van der Waals surface area (Å²) in [5, 5.41) is 2.93. The van der Waals surface area contributed by atoms with Crippen molar-refractivity contribution in [3.05, 3.63) is 17.3 Å². The highest BCUT2D eigenvalue weighted by atomic mass is 32.1. The first-order valence-corrected chi connectivity index (χ1v) is 7.18. The molecule has 5 nitrogen and oxygen atoms in total. The van der Waals surface area contributed by atoms with Gasteiger partial charge in [0.1, 0.15) is 10.9 Å². The van der Waals surface area contributed by atoms with Gasteiger partial charge in [-0.05, 0) is 23.8 Å². The third kappa shape index (κ3) is 2.86. The molecule has 0 saturated carbocycles. The molecule has 6 heteroatoms. The van der Waals surface area contributed by atoms with Crippen molar-refractivity contribution in [3.63, 3.8) is 0 Å². The topological polar surface area (TPSA) is 73.1 Å². The molecule has 0 bridgehead atoms. The van der Waals surface area contributed by atoms with E-state index in [1.54, 1.807) is 11.3 Å². The number of hydrazine groups is 1. The molecule has 0 fully saturated rings. The minimum atomic E-state index is -0.156. The highest BCUT2D eigenvalue weighted by Gasteiger charge is 2.30. The standard InChI is InChI=1S/C13H20N4OS/c1-5-18-9(13(2,3)4)11-15-10(17-14)8-6-7-19-12(8)16-11/h6-7,9H,5,14H2,1-4H3,(H,15,16,17). The fraction of sp³-hybridized carbons (Fsp3) is 0.538. The summed E-state index contributed by atoms with van der Waals surface area (Å²) in [5.74, 6) is 6.88.